The molecule has 1 aromatic rings. The van der Waals surface area contributed by atoms with Crippen LogP contribution < -0.4 is 5.32 Å². The van der Waals surface area contributed by atoms with Gasteiger partial charge in [-0.25, -0.2) is 4.79 Å². The van der Waals surface area contributed by atoms with E-state index >= 15 is 0 Å². The molecule has 0 aromatic carbocycles. The fraction of sp³-hybridized carbons (Fsp3) is 0.545. The number of carbonyl (C=O) groups is 1. The van der Waals surface area contributed by atoms with Crippen LogP contribution in [0.2, 0.25) is 0 Å². The number of thioether (sulfide) groups is 1. The van der Waals surface area contributed by atoms with Crippen molar-refractivity contribution in [3.63, 3.8) is 0 Å². The second-order valence-electron chi connectivity index (χ2n) is 3.87. The molecule has 1 fully saturated rings. The summed E-state index contributed by atoms with van der Waals surface area (Å²) < 4.78 is 0. The number of carboxylic acids is 1. The number of nitrogens with one attached hydrogen (secondary N) is 1. The topological polar surface area (TPSA) is 49.3 Å². The van der Waals surface area contributed by atoms with Crippen LogP contribution in [0.5, 0.6) is 0 Å². The van der Waals surface area contributed by atoms with Crippen molar-refractivity contribution in [2.45, 2.75) is 24.6 Å². The lowest BCUT2D eigenvalue weighted by Gasteiger charge is -2.08. The number of aromatic carboxylic acids is 1. The van der Waals surface area contributed by atoms with Gasteiger partial charge >= 0.3 is 5.97 Å². The maximum absolute atomic E-state index is 10.7. The molecule has 1 unspecified atom stereocenters. The molecule has 1 aliphatic rings. The lowest BCUT2D eigenvalue weighted by molar-refractivity contribution is 0.0697. The van der Waals surface area contributed by atoms with Gasteiger partial charge in [0.25, 0.3) is 0 Å². The molecule has 3 nitrogen and oxygen atoms in total. The molecule has 0 bridgehead atoms. The summed E-state index contributed by atoms with van der Waals surface area (Å²) in [5, 5.41) is 14.6. The monoisotopic (exact) mass is 257 g/mol. The van der Waals surface area contributed by atoms with E-state index in [1.807, 2.05) is 11.8 Å². The molecule has 0 amide bonds. The Hall–Kier alpha value is -0.520. The highest BCUT2D eigenvalue weighted by molar-refractivity contribution is 8.00. The second kappa shape index (κ2) is 5.70. The maximum atomic E-state index is 10.7. The summed E-state index contributed by atoms with van der Waals surface area (Å²) in [4.78, 5) is 11.8. The average molecular weight is 257 g/mol. The van der Waals surface area contributed by atoms with Gasteiger partial charge in [-0.05, 0) is 24.7 Å². The van der Waals surface area contributed by atoms with Crippen LogP contribution in [0.1, 0.15) is 28.1 Å². The number of carboxylic acid groups (broad SMARTS) is 1. The summed E-state index contributed by atoms with van der Waals surface area (Å²) >= 11 is 3.54. The highest BCUT2D eigenvalue weighted by Crippen LogP contribution is 2.25. The molecule has 1 aromatic heterocycles. The van der Waals surface area contributed by atoms with Crippen molar-refractivity contribution in [2.75, 3.05) is 12.3 Å². The van der Waals surface area contributed by atoms with Gasteiger partial charge in [0.15, 0.2) is 0 Å². The summed E-state index contributed by atoms with van der Waals surface area (Å²) in [6, 6.07) is 1.75. The van der Waals surface area contributed by atoms with Gasteiger partial charge < -0.3 is 10.4 Å². The first-order chi connectivity index (χ1) is 7.75. The van der Waals surface area contributed by atoms with E-state index in [0.29, 0.717) is 5.56 Å². The number of hydrogen-bond donors (Lipinski definition) is 2. The molecule has 5 heteroatoms. The van der Waals surface area contributed by atoms with E-state index in [2.05, 4.69) is 5.32 Å². The van der Waals surface area contributed by atoms with E-state index in [-0.39, 0.29) is 0 Å². The van der Waals surface area contributed by atoms with Crippen LogP contribution in [0.15, 0.2) is 11.4 Å². The quantitative estimate of drug-likeness (QED) is 0.850. The van der Waals surface area contributed by atoms with Crippen LogP contribution in [0, 0.1) is 0 Å². The molecule has 0 saturated carbocycles. The zero-order chi connectivity index (χ0) is 11.4. The minimum absolute atomic E-state index is 0.400. The molecule has 16 heavy (non-hydrogen) atoms. The van der Waals surface area contributed by atoms with Gasteiger partial charge in [0.05, 0.1) is 5.56 Å². The first kappa shape index (κ1) is 12.0. The molecule has 2 N–H and O–H groups in total. The molecule has 2 rings (SSSR count). The van der Waals surface area contributed by atoms with E-state index in [0.717, 1.165) is 23.2 Å². The zero-order valence-electron chi connectivity index (χ0n) is 8.94. The fourth-order valence-electron chi connectivity index (χ4n) is 1.75. The lowest BCUT2D eigenvalue weighted by Crippen LogP contribution is -2.22. The van der Waals surface area contributed by atoms with Crippen molar-refractivity contribution in [3.05, 3.63) is 21.9 Å². The van der Waals surface area contributed by atoms with Crippen LogP contribution >= 0.6 is 23.1 Å². The van der Waals surface area contributed by atoms with Gasteiger partial charge in [-0.1, -0.05) is 0 Å². The van der Waals surface area contributed by atoms with Gasteiger partial charge in [0.2, 0.25) is 0 Å². The Bertz CT molecular complexity index is 359. The highest BCUT2D eigenvalue weighted by atomic mass is 32.2. The molecule has 88 valence electrons. The summed E-state index contributed by atoms with van der Waals surface area (Å²) in [5.74, 6) is 0.447. The molecule has 1 saturated heterocycles. The first-order valence-corrected chi connectivity index (χ1v) is 7.31. The molecule has 0 spiro atoms. The number of rotatable bonds is 5. The Morgan fingerprint density at radius 3 is 3.12 bits per heavy atom. The van der Waals surface area contributed by atoms with Gasteiger partial charge in [-0.2, -0.15) is 11.8 Å². The number of hydrogen-bond acceptors (Lipinski definition) is 4. The third-order valence-corrected chi connectivity index (χ3v) is 4.93. The Kier molecular flexibility index (Phi) is 4.26. The Morgan fingerprint density at radius 2 is 2.50 bits per heavy atom. The highest BCUT2D eigenvalue weighted by Gasteiger charge is 2.14. The smallest absolute Gasteiger partial charge is 0.336 e. The molecule has 0 aliphatic carbocycles. The number of thiophene rings is 1. The summed E-state index contributed by atoms with van der Waals surface area (Å²) in [6.45, 7) is 1.82. The lowest BCUT2D eigenvalue weighted by atomic mass is 10.2. The van der Waals surface area contributed by atoms with Crippen LogP contribution in [-0.4, -0.2) is 28.6 Å². The van der Waals surface area contributed by atoms with E-state index in [9.17, 15) is 4.79 Å². The zero-order valence-corrected chi connectivity index (χ0v) is 10.6. The Balaban J connectivity index is 1.74. The van der Waals surface area contributed by atoms with Gasteiger partial charge in [0, 0.05) is 28.6 Å². The predicted octanol–water partition coefficient (Wildman–Crippen LogP) is 2.43. The van der Waals surface area contributed by atoms with Gasteiger partial charge in [0.1, 0.15) is 0 Å². The molecule has 1 aliphatic heterocycles. The minimum Gasteiger partial charge on any atom is -0.478 e. The SMILES string of the molecule is O=C(O)c1csc(CNCC2CCCS2)c1. The van der Waals surface area contributed by atoms with Crippen LogP contribution in [0.25, 0.3) is 0 Å². The van der Waals surface area contributed by atoms with Crippen molar-refractivity contribution in [1.82, 2.24) is 5.32 Å². The van der Waals surface area contributed by atoms with E-state index in [1.165, 1.54) is 29.9 Å². The fourth-order valence-corrected chi connectivity index (χ4v) is 3.81. The van der Waals surface area contributed by atoms with Crippen molar-refractivity contribution in [2.24, 2.45) is 0 Å². The second-order valence-corrected chi connectivity index (χ2v) is 6.28. The maximum Gasteiger partial charge on any atom is 0.336 e. The van der Waals surface area contributed by atoms with Gasteiger partial charge in [-0.3, -0.25) is 0 Å². The Labute approximate surface area is 103 Å². The molecule has 0 radical (unpaired) electrons. The van der Waals surface area contributed by atoms with Crippen molar-refractivity contribution in [3.8, 4) is 0 Å². The largest absolute Gasteiger partial charge is 0.478 e. The molecule has 2 heterocycles. The third-order valence-electron chi connectivity index (χ3n) is 2.60. The summed E-state index contributed by atoms with van der Waals surface area (Å²) in [6.07, 6.45) is 2.64. The summed E-state index contributed by atoms with van der Waals surface area (Å²) in [7, 11) is 0. The van der Waals surface area contributed by atoms with Crippen LogP contribution in [0.3, 0.4) is 0 Å². The van der Waals surface area contributed by atoms with Crippen LogP contribution in [-0.2, 0) is 6.54 Å². The van der Waals surface area contributed by atoms with Crippen molar-refractivity contribution < 1.29 is 9.90 Å². The molecular formula is C11H15NO2S2. The Morgan fingerprint density at radius 1 is 1.62 bits per heavy atom. The van der Waals surface area contributed by atoms with Crippen molar-refractivity contribution in [1.29, 1.82) is 0 Å². The van der Waals surface area contributed by atoms with Gasteiger partial charge in [-0.15, -0.1) is 11.3 Å². The predicted molar refractivity (Wildman–Crippen MR) is 68.5 cm³/mol. The normalized spacial score (nSPS) is 20.1. The third kappa shape index (κ3) is 3.23. The standard InChI is InChI=1S/C11H15NO2S2/c13-11(14)8-4-10(16-7-8)6-12-5-9-2-1-3-15-9/h4,7,9,12H,1-3,5-6H2,(H,13,14). The molecular weight excluding hydrogens is 242 g/mol. The average Bonchev–Trinajstić information content (AvgIpc) is 2.87. The minimum atomic E-state index is -0.839. The van der Waals surface area contributed by atoms with E-state index in [4.69, 9.17) is 5.11 Å². The van der Waals surface area contributed by atoms with E-state index < -0.39 is 5.97 Å². The molecule has 1 atom stereocenters. The van der Waals surface area contributed by atoms with Crippen LogP contribution in [0.4, 0.5) is 0 Å². The van der Waals surface area contributed by atoms with E-state index in [1.54, 1.807) is 11.4 Å². The first-order valence-electron chi connectivity index (χ1n) is 5.39. The van der Waals surface area contributed by atoms with Crippen molar-refractivity contribution >= 4 is 29.1 Å². The summed E-state index contributed by atoms with van der Waals surface area (Å²) in [5.41, 5.74) is 0.400.